The van der Waals surface area contributed by atoms with Crippen LogP contribution < -0.4 is 0 Å². The Balaban J connectivity index is 1.87. The van der Waals surface area contributed by atoms with Crippen LogP contribution in [0.1, 0.15) is 10.4 Å². The Morgan fingerprint density at radius 1 is 1.47 bits per heavy atom. The maximum atomic E-state index is 12.1. The van der Waals surface area contributed by atoms with E-state index < -0.39 is 0 Å². The SMILES string of the molecule is O=C(c1cnn2ccncc12)N1CC(CO)C1. The number of rotatable bonds is 2. The molecule has 17 heavy (non-hydrogen) atoms. The molecule has 6 heteroatoms. The van der Waals surface area contributed by atoms with Crippen LogP contribution in [0.25, 0.3) is 5.52 Å². The molecule has 0 spiro atoms. The van der Waals surface area contributed by atoms with Crippen LogP contribution in [0.15, 0.2) is 24.8 Å². The summed E-state index contributed by atoms with van der Waals surface area (Å²) in [6, 6.07) is 0. The largest absolute Gasteiger partial charge is 0.396 e. The molecule has 0 aromatic carbocycles. The van der Waals surface area contributed by atoms with Gasteiger partial charge in [-0.3, -0.25) is 9.78 Å². The van der Waals surface area contributed by atoms with Gasteiger partial charge in [-0.25, -0.2) is 4.52 Å². The van der Waals surface area contributed by atoms with Gasteiger partial charge in [-0.1, -0.05) is 0 Å². The molecule has 0 radical (unpaired) electrons. The second kappa shape index (κ2) is 3.81. The lowest BCUT2D eigenvalue weighted by molar-refractivity contribution is 0.0364. The fourth-order valence-corrected chi connectivity index (χ4v) is 2.02. The van der Waals surface area contributed by atoms with Crippen molar-refractivity contribution in [1.82, 2.24) is 19.5 Å². The maximum Gasteiger partial charge on any atom is 0.257 e. The summed E-state index contributed by atoms with van der Waals surface area (Å²) < 4.78 is 1.63. The molecule has 0 saturated carbocycles. The molecule has 2 aromatic rings. The summed E-state index contributed by atoms with van der Waals surface area (Å²) in [4.78, 5) is 17.8. The molecule has 0 atom stereocenters. The molecule has 0 unspecified atom stereocenters. The van der Waals surface area contributed by atoms with Gasteiger partial charge in [-0.2, -0.15) is 5.10 Å². The van der Waals surface area contributed by atoms with Crippen molar-refractivity contribution in [2.45, 2.75) is 0 Å². The number of hydrogen-bond acceptors (Lipinski definition) is 4. The lowest BCUT2D eigenvalue weighted by Gasteiger charge is -2.38. The van der Waals surface area contributed by atoms with Crippen LogP contribution in [0.2, 0.25) is 0 Å². The van der Waals surface area contributed by atoms with Crippen molar-refractivity contribution in [2.75, 3.05) is 19.7 Å². The van der Waals surface area contributed by atoms with E-state index in [1.165, 1.54) is 0 Å². The third-order valence-corrected chi connectivity index (χ3v) is 3.06. The van der Waals surface area contributed by atoms with Gasteiger partial charge in [0.2, 0.25) is 0 Å². The van der Waals surface area contributed by atoms with Crippen LogP contribution in [0.3, 0.4) is 0 Å². The number of fused-ring (bicyclic) bond motifs is 1. The van der Waals surface area contributed by atoms with E-state index in [4.69, 9.17) is 5.11 Å². The summed E-state index contributed by atoms with van der Waals surface area (Å²) in [5.41, 5.74) is 1.28. The standard InChI is InChI=1S/C11H12N4O2/c16-7-8-5-14(6-8)11(17)9-3-13-15-2-1-12-4-10(9)15/h1-4,8,16H,5-7H2. The summed E-state index contributed by atoms with van der Waals surface area (Å²) in [7, 11) is 0. The van der Waals surface area contributed by atoms with Crippen molar-refractivity contribution in [3.63, 3.8) is 0 Å². The Morgan fingerprint density at radius 3 is 3.06 bits per heavy atom. The van der Waals surface area contributed by atoms with Gasteiger partial charge in [0.15, 0.2) is 0 Å². The molecule has 1 fully saturated rings. The van der Waals surface area contributed by atoms with Gasteiger partial charge in [0.1, 0.15) is 0 Å². The minimum Gasteiger partial charge on any atom is -0.396 e. The monoisotopic (exact) mass is 232 g/mol. The normalized spacial score (nSPS) is 16.2. The number of amides is 1. The van der Waals surface area contributed by atoms with E-state index in [0.717, 1.165) is 0 Å². The Morgan fingerprint density at radius 2 is 2.29 bits per heavy atom. The van der Waals surface area contributed by atoms with Crippen LogP contribution >= 0.6 is 0 Å². The molecule has 1 aliphatic heterocycles. The molecule has 1 saturated heterocycles. The number of carbonyl (C=O) groups is 1. The average Bonchev–Trinajstić information content (AvgIpc) is 2.71. The molecular formula is C11H12N4O2. The topological polar surface area (TPSA) is 70.7 Å². The number of carbonyl (C=O) groups excluding carboxylic acids is 1. The molecule has 3 rings (SSSR count). The fourth-order valence-electron chi connectivity index (χ4n) is 2.02. The number of aliphatic hydroxyl groups excluding tert-OH is 1. The number of likely N-dealkylation sites (tertiary alicyclic amines) is 1. The highest BCUT2D eigenvalue weighted by molar-refractivity contribution is 6.00. The molecule has 1 N–H and O–H groups in total. The fraction of sp³-hybridized carbons (Fsp3) is 0.364. The Labute approximate surface area is 97.5 Å². The summed E-state index contributed by atoms with van der Waals surface area (Å²) >= 11 is 0. The third kappa shape index (κ3) is 1.57. The van der Waals surface area contributed by atoms with Gasteiger partial charge in [-0.15, -0.1) is 0 Å². The molecule has 2 aromatic heterocycles. The van der Waals surface area contributed by atoms with Gasteiger partial charge in [0.05, 0.1) is 23.5 Å². The molecule has 0 bridgehead atoms. The number of hydrogen-bond donors (Lipinski definition) is 1. The quantitative estimate of drug-likeness (QED) is 0.778. The van der Waals surface area contributed by atoms with Gasteiger partial charge in [0.25, 0.3) is 5.91 Å². The molecule has 1 amide bonds. The zero-order chi connectivity index (χ0) is 11.8. The second-order valence-corrected chi connectivity index (χ2v) is 4.22. The summed E-state index contributed by atoms with van der Waals surface area (Å²) in [6.07, 6.45) is 6.52. The highest BCUT2D eigenvalue weighted by Gasteiger charge is 2.31. The molecule has 3 heterocycles. The molecule has 88 valence electrons. The highest BCUT2D eigenvalue weighted by atomic mass is 16.3. The van der Waals surface area contributed by atoms with Gasteiger partial charge >= 0.3 is 0 Å². The predicted octanol–water partition coefficient (Wildman–Crippen LogP) is -0.206. The van der Waals surface area contributed by atoms with E-state index in [2.05, 4.69) is 10.1 Å². The van der Waals surface area contributed by atoms with Gasteiger partial charge < -0.3 is 10.0 Å². The Kier molecular flexibility index (Phi) is 2.29. The lowest BCUT2D eigenvalue weighted by atomic mass is 10.0. The first kappa shape index (κ1) is 10.2. The van der Waals surface area contributed by atoms with Crippen LogP contribution in [0.4, 0.5) is 0 Å². The minimum absolute atomic E-state index is 0.0438. The maximum absolute atomic E-state index is 12.1. The van der Waals surface area contributed by atoms with Crippen molar-refractivity contribution < 1.29 is 9.90 Å². The lowest BCUT2D eigenvalue weighted by Crippen LogP contribution is -2.51. The smallest absolute Gasteiger partial charge is 0.257 e. The third-order valence-electron chi connectivity index (χ3n) is 3.06. The number of aromatic nitrogens is 3. The average molecular weight is 232 g/mol. The van der Waals surface area contributed by atoms with Gasteiger partial charge in [-0.05, 0) is 0 Å². The second-order valence-electron chi connectivity index (χ2n) is 4.22. The summed E-state index contributed by atoms with van der Waals surface area (Å²) in [5.74, 6) is 0.177. The molecule has 0 aliphatic carbocycles. The highest BCUT2D eigenvalue weighted by Crippen LogP contribution is 2.20. The van der Waals surface area contributed by atoms with Crippen LogP contribution in [0.5, 0.6) is 0 Å². The number of aliphatic hydroxyl groups is 1. The first-order valence-corrected chi connectivity index (χ1v) is 5.47. The van der Waals surface area contributed by atoms with Crippen LogP contribution in [-0.4, -0.2) is 50.2 Å². The summed E-state index contributed by atoms with van der Waals surface area (Å²) in [6.45, 7) is 1.37. The zero-order valence-electron chi connectivity index (χ0n) is 9.15. The van der Waals surface area contributed by atoms with E-state index in [1.807, 2.05) is 0 Å². The van der Waals surface area contributed by atoms with E-state index in [1.54, 1.807) is 34.2 Å². The molecule has 1 aliphatic rings. The van der Waals surface area contributed by atoms with Crippen LogP contribution in [0, 0.1) is 5.92 Å². The first-order valence-electron chi connectivity index (χ1n) is 5.47. The molecule has 6 nitrogen and oxygen atoms in total. The first-order chi connectivity index (χ1) is 8.29. The minimum atomic E-state index is -0.0438. The van der Waals surface area contributed by atoms with E-state index in [-0.39, 0.29) is 18.4 Å². The Hall–Kier alpha value is -1.95. The predicted molar refractivity (Wildman–Crippen MR) is 59.5 cm³/mol. The van der Waals surface area contributed by atoms with Crippen molar-refractivity contribution in [1.29, 1.82) is 0 Å². The Bertz CT molecular complexity index is 559. The van der Waals surface area contributed by atoms with Crippen molar-refractivity contribution >= 4 is 11.4 Å². The van der Waals surface area contributed by atoms with Crippen molar-refractivity contribution in [3.05, 3.63) is 30.4 Å². The van der Waals surface area contributed by atoms with E-state index >= 15 is 0 Å². The van der Waals surface area contributed by atoms with Crippen molar-refractivity contribution in [3.8, 4) is 0 Å². The van der Waals surface area contributed by atoms with E-state index in [9.17, 15) is 4.79 Å². The van der Waals surface area contributed by atoms with Crippen molar-refractivity contribution in [2.24, 2.45) is 5.92 Å². The van der Waals surface area contributed by atoms with E-state index in [0.29, 0.717) is 24.2 Å². The van der Waals surface area contributed by atoms with Crippen LogP contribution in [-0.2, 0) is 0 Å². The van der Waals surface area contributed by atoms with Gasteiger partial charge in [0, 0.05) is 38.0 Å². The number of nitrogens with zero attached hydrogens (tertiary/aromatic N) is 4. The zero-order valence-corrected chi connectivity index (χ0v) is 9.15. The summed E-state index contributed by atoms with van der Waals surface area (Å²) in [5, 5.41) is 13.0. The molecular weight excluding hydrogens is 220 g/mol.